The first-order valence-corrected chi connectivity index (χ1v) is 18.1. The van der Waals surface area contributed by atoms with Crippen LogP contribution in [0.5, 0.6) is 0 Å². The highest BCUT2D eigenvalue weighted by Crippen LogP contribution is 2.38. The van der Waals surface area contributed by atoms with Crippen LogP contribution in [0.15, 0.2) is 84.9 Å². The van der Waals surface area contributed by atoms with Gasteiger partial charge in [0, 0.05) is 45.1 Å². The lowest BCUT2D eigenvalue weighted by Crippen LogP contribution is -2.62. The molecule has 0 aliphatic heterocycles. The number of hydrogen-bond acceptors (Lipinski definition) is 4. The van der Waals surface area contributed by atoms with E-state index < -0.39 is 58.4 Å². The number of carbonyl (C=O) groups is 2. The average molecular weight is 778 g/mol. The van der Waals surface area contributed by atoms with Crippen molar-refractivity contribution in [2.24, 2.45) is 0 Å². The van der Waals surface area contributed by atoms with E-state index in [0.29, 0.717) is 46.1 Å². The number of nitrogens with zero attached hydrogens (tertiary/aromatic N) is 2. The Hall–Kier alpha value is -4.84. The molecule has 2 fully saturated rings. The number of amides is 2. The summed E-state index contributed by atoms with van der Waals surface area (Å²) in [5, 5.41) is 26.7. The lowest BCUT2D eigenvalue weighted by Gasteiger charge is -2.49. The molecule has 0 radical (unpaired) electrons. The number of hydrazine groups is 1. The fourth-order valence-electron chi connectivity index (χ4n) is 7.00. The van der Waals surface area contributed by atoms with Gasteiger partial charge in [0.2, 0.25) is 0 Å². The van der Waals surface area contributed by atoms with Gasteiger partial charge in [-0.1, -0.05) is 59.0 Å². The molecule has 0 aromatic heterocycles. The van der Waals surface area contributed by atoms with Gasteiger partial charge in [0.1, 0.15) is 11.2 Å². The third kappa shape index (κ3) is 9.09. The number of aliphatic hydroxyl groups is 2. The molecule has 2 N–H and O–H groups in total. The summed E-state index contributed by atoms with van der Waals surface area (Å²) in [5.74, 6) is 4.78. The Morgan fingerprint density at radius 2 is 1.02 bits per heavy atom. The zero-order chi connectivity index (χ0) is 38.6. The molecule has 0 saturated heterocycles. The zero-order valence-electron chi connectivity index (χ0n) is 28.8. The van der Waals surface area contributed by atoms with Crippen molar-refractivity contribution in [1.82, 2.24) is 10.0 Å². The smallest absolute Gasteiger partial charge is 0.272 e. The van der Waals surface area contributed by atoms with Crippen molar-refractivity contribution in [3.05, 3.63) is 140 Å². The van der Waals surface area contributed by atoms with E-state index in [9.17, 15) is 37.4 Å². The Bertz CT molecular complexity index is 2060. The summed E-state index contributed by atoms with van der Waals surface area (Å²) in [6.45, 7) is 0. The van der Waals surface area contributed by atoms with Gasteiger partial charge in [-0.2, -0.15) is 0 Å². The van der Waals surface area contributed by atoms with Crippen molar-refractivity contribution in [3.63, 3.8) is 0 Å². The van der Waals surface area contributed by atoms with Crippen molar-refractivity contribution < 1.29 is 37.4 Å². The minimum atomic E-state index is -1.68. The van der Waals surface area contributed by atoms with E-state index in [2.05, 4.69) is 23.7 Å². The second-order valence-corrected chi connectivity index (χ2v) is 14.5. The monoisotopic (exact) mass is 776 g/mol. The standard InChI is InChI=1S/C42H34Cl2F4N2O4/c43-31-7-1-5-27(21-31)15-19-41(53)17-3-9-33(25-41)49(39(51)29-11-13-35(45)37(47)23-29)50(40(52)30-12-14-36(46)38(48)24-30)34-10-4-18-42(54,26-34)20-16-28-6-2-8-32(44)22-28/h1-2,5-8,11-14,21-24,33-34,53-54H,3-4,9-10,17-18,25-26H2/t33-,34+,41+,42-. The maximum Gasteiger partial charge on any atom is 0.272 e. The second kappa shape index (κ2) is 16.3. The van der Waals surface area contributed by atoms with Gasteiger partial charge in [0.05, 0.1) is 12.1 Å². The Morgan fingerprint density at radius 3 is 1.39 bits per heavy atom. The van der Waals surface area contributed by atoms with Crippen LogP contribution in [0.3, 0.4) is 0 Å². The number of benzene rings is 4. The second-order valence-electron chi connectivity index (χ2n) is 13.6. The van der Waals surface area contributed by atoms with Crippen LogP contribution in [0.25, 0.3) is 0 Å². The molecule has 6 rings (SSSR count). The average Bonchev–Trinajstić information content (AvgIpc) is 3.14. The zero-order valence-corrected chi connectivity index (χ0v) is 30.3. The van der Waals surface area contributed by atoms with Crippen LogP contribution in [0.2, 0.25) is 10.0 Å². The molecule has 4 aromatic rings. The van der Waals surface area contributed by atoms with Crippen molar-refractivity contribution >= 4 is 35.0 Å². The van der Waals surface area contributed by atoms with Gasteiger partial charge >= 0.3 is 0 Å². The molecule has 12 heteroatoms. The molecule has 2 saturated carbocycles. The summed E-state index contributed by atoms with van der Waals surface area (Å²) in [6, 6.07) is 16.6. The number of rotatable bonds is 4. The highest BCUT2D eigenvalue weighted by atomic mass is 35.5. The van der Waals surface area contributed by atoms with Crippen LogP contribution in [-0.2, 0) is 0 Å². The minimum absolute atomic E-state index is 0.177. The van der Waals surface area contributed by atoms with Crippen LogP contribution < -0.4 is 0 Å². The van der Waals surface area contributed by atoms with Crippen molar-refractivity contribution in [3.8, 4) is 23.7 Å². The molecular weight excluding hydrogens is 743 g/mol. The number of carbonyl (C=O) groups excluding carboxylic acids is 2. The van der Waals surface area contributed by atoms with E-state index in [1.807, 2.05) is 0 Å². The topological polar surface area (TPSA) is 81.1 Å². The SMILES string of the molecule is O=C(c1ccc(F)c(F)c1)N([C@@H]1CCC[C@](O)(C#Cc2cccc(Cl)c2)C1)N(C(=O)c1ccc(F)c(F)c1)[C@H]1CCC[C@@](O)(C#Cc2cccc(Cl)c2)C1. The molecule has 0 unspecified atom stereocenters. The summed E-state index contributed by atoms with van der Waals surface area (Å²) in [5.41, 5.74) is -2.92. The van der Waals surface area contributed by atoms with Gasteiger partial charge in [-0.05, 0) is 111 Å². The largest absolute Gasteiger partial charge is 0.378 e. The molecule has 278 valence electrons. The predicted octanol–water partition coefficient (Wildman–Crippen LogP) is 8.50. The Kier molecular flexibility index (Phi) is 11.7. The first-order chi connectivity index (χ1) is 25.7. The number of halogens is 6. The van der Waals surface area contributed by atoms with E-state index in [1.54, 1.807) is 48.5 Å². The summed E-state index contributed by atoms with van der Waals surface area (Å²) >= 11 is 12.3. The van der Waals surface area contributed by atoms with E-state index in [1.165, 1.54) is 0 Å². The molecule has 0 bridgehead atoms. The summed E-state index contributed by atoms with van der Waals surface area (Å²) in [4.78, 5) is 29.3. The molecule has 2 aliphatic rings. The van der Waals surface area contributed by atoms with E-state index in [4.69, 9.17) is 23.2 Å². The van der Waals surface area contributed by atoms with Crippen molar-refractivity contribution in [2.45, 2.75) is 74.7 Å². The quantitative estimate of drug-likeness (QED) is 0.124. The van der Waals surface area contributed by atoms with Crippen LogP contribution in [-0.4, -0.2) is 55.3 Å². The molecule has 2 aliphatic carbocycles. The van der Waals surface area contributed by atoms with Gasteiger partial charge in [-0.25, -0.2) is 27.6 Å². The first-order valence-electron chi connectivity index (χ1n) is 17.3. The Morgan fingerprint density at radius 1 is 0.611 bits per heavy atom. The molecule has 0 spiro atoms. The van der Waals surface area contributed by atoms with Gasteiger partial charge in [-0.3, -0.25) is 9.59 Å². The third-order valence-corrected chi connectivity index (χ3v) is 10.1. The molecule has 2 amide bonds. The third-order valence-electron chi connectivity index (χ3n) is 9.60. The van der Waals surface area contributed by atoms with Crippen LogP contribution in [0.1, 0.15) is 83.2 Å². The molecule has 4 aromatic carbocycles. The fraction of sp³-hybridized carbons (Fsp3) is 0.286. The lowest BCUT2D eigenvalue weighted by atomic mass is 9.80. The minimum Gasteiger partial charge on any atom is -0.378 e. The Balaban J connectivity index is 1.46. The van der Waals surface area contributed by atoms with E-state index >= 15 is 0 Å². The van der Waals surface area contributed by atoms with Gasteiger partial charge in [0.25, 0.3) is 11.8 Å². The maximum absolute atomic E-state index is 14.7. The lowest BCUT2D eigenvalue weighted by molar-refractivity contribution is -0.0909. The highest BCUT2D eigenvalue weighted by Gasteiger charge is 2.46. The van der Waals surface area contributed by atoms with E-state index in [-0.39, 0.29) is 49.7 Å². The summed E-state index contributed by atoms with van der Waals surface area (Å²) in [6.07, 6.45) is 1.21. The van der Waals surface area contributed by atoms with Gasteiger partial charge in [0.15, 0.2) is 23.3 Å². The normalized spacial score (nSPS) is 22.2. The Labute approximate surface area is 320 Å². The summed E-state index contributed by atoms with van der Waals surface area (Å²) < 4.78 is 57.5. The van der Waals surface area contributed by atoms with E-state index in [0.717, 1.165) is 34.3 Å². The van der Waals surface area contributed by atoms with Crippen LogP contribution >= 0.6 is 23.2 Å². The molecule has 4 atom stereocenters. The van der Waals surface area contributed by atoms with Gasteiger partial charge < -0.3 is 10.2 Å². The van der Waals surface area contributed by atoms with Crippen molar-refractivity contribution in [2.75, 3.05) is 0 Å². The first kappa shape index (κ1) is 38.9. The maximum atomic E-state index is 14.7. The molecule has 0 heterocycles. The number of hydrogen-bond donors (Lipinski definition) is 2. The predicted molar refractivity (Wildman–Crippen MR) is 196 cm³/mol. The van der Waals surface area contributed by atoms with Gasteiger partial charge in [-0.15, -0.1) is 0 Å². The van der Waals surface area contributed by atoms with Crippen LogP contribution in [0, 0.1) is 47.0 Å². The fourth-order valence-corrected chi connectivity index (χ4v) is 7.38. The molecular formula is C42H34Cl2F4N2O4. The molecule has 54 heavy (non-hydrogen) atoms. The van der Waals surface area contributed by atoms with Crippen molar-refractivity contribution in [1.29, 1.82) is 0 Å². The summed E-state index contributed by atoms with van der Waals surface area (Å²) in [7, 11) is 0. The highest BCUT2D eigenvalue weighted by molar-refractivity contribution is 6.31. The molecule has 6 nitrogen and oxygen atoms in total. The van der Waals surface area contributed by atoms with Crippen LogP contribution in [0.4, 0.5) is 17.6 Å².